The summed E-state index contributed by atoms with van der Waals surface area (Å²) in [6, 6.07) is 12.9. The van der Waals surface area contributed by atoms with Gasteiger partial charge in [-0.05, 0) is 54.8 Å². The number of carboxylic acid groups (broad SMARTS) is 1. The van der Waals surface area contributed by atoms with E-state index in [1.165, 1.54) is 0 Å². The van der Waals surface area contributed by atoms with Gasteiger partial charge >= 0.3 is 5.97 Å². The topological polar surface area (TPSA) is 40.5 Å². The first-order chi connectivity index (χ1) is 12.0. The summed E-state index contributed by atoms with van der Waals surface area (Å²) in [5.41, 5.74) is 1.89. The highest BCUT2D eigenvalue weighted by atomic mass is 35.5. The number of piperidine rings is 1. The average molecular weight is 399 g/mol. The number of likely N-dealkylation sites (tertiary alicyclic amines) is 1. The van der Waals surface area contributed by atoms with E-state index in [1.807, 2.05) is 30.3 Å². The summed E-state index contributed by atoms with van der Waals surface area (Å²) < 4.78 is 0. The van der Waals surface area contributed by atoms with Crippen LogP contribution in [0.3, 0.4) is 0 Å². The van der Waals surface area contributed by atoms with E-state index < -0.39 is 5.97 Å². The van der Waals surface area contributed by atoms with Crippen LogP contribution in [0.15, 0.2) is 42.5 Å². The fraction of sp³-hybridized carbons (Fsp3) is 0.316. The summed E-state index contributed by atoms with van der Waals surface area (Å²) in [5.74, 6) is -1.13. The van der Waals surface area contributed by atoms with Crippen molar-refractivity contribution in [1.29, 1.82) is 0 Å². The summed E-state index contributed by atoms with van der Waals surface area (Å²) in [4.78, 5) is 13.6. The first-order valence-electron chi connectivity index (χ1n) is 8.13. The normalized spacial score (nSPS) is 19.6. The molecule has 1 aliphatic heterocycles. The van der Waals surface area contributed by atoms with Crippen molar-refractivity contribution in [3.63, 3.8) is 0 Å². The third-order valence-corrected chi connectivity index (χ3v) is 5.39. The molecule has 0 bridgehead atoms. The molecule has 132 valence electrons. The maximum Gasteiger partial charge on any atom is 0.307 e. The molecule has 6 heteroatoms. The van der Waals surface area contributed by atoms with Crippen molar-refractivity contribution in [2.24, 2.45) is 5.92 Å². The molecule has 2 aromatic carbocycles. The second-order valence-electron chi connectivity index (χ2n) is 6.30. The van der Waals surface area contributed by atoms with Gasteiger partial charge in [0.2, 0.25) is 0 Å². The molecule has 1 aliphatic rings. The van der Waals surface area contributed by atoms with Crippen LogP contribution < -0.4 is 0 Å². The molecule has 3 nitrogen and oxygen atoms in total. The third-order valence-electron chi connectivity index (χ3n) is 4.59. The van der Waals surface area contributed by atoms with Crippen molar-refractivity contribution in [3.05, 3.63) is 68.7 Å². The molecule has 25 heavy (non-hydrogen) atoms. The second-order valence-corrected chi connectivity index (χ2v) is 7.58. The lowest BCUT2D eigenvalue weighted by atomic mass is 9.91. The minimum absolute atomic E-state index is 0.161. The van der Waals surface area contributed by atoms with E-state index in [0.717, 1.165) is 24.1 Å². The first-order valence-corrected chi connectivity index (χ1v) is 9.26. The van der Waals surface area contributed by atoms with Gasteiger partial charge in [-0.1, -0.05) is 53.0 Å². The molecule has 1 saturated heterocycles. The van der Waals surface area contributed by atoms with Gasteiger partial charge in [-0.15, -0.1) is 0 Å². The van der Waals surface area contributed by atoms with Gasteiger partial charge in [-0.3, -0.25) is 9.69 Å². The lowest BCUT2D eigenvalue weighted by Gasteiger charge is -2.38. The fourth-order valence-corrected chi connectivity index (χ4v) is 4.14. The summed E-state index contributed by atoms with van der Waals surface area (Å²) in [6.07, 6.45) is 1.53. The minimum Gasteiger partial charge on any atom is -0.481 e. The number of benzene rings is 2. The molecular weight excluding hydrogens is 381 g/mol. The molecule has 1 N–H and O–H groups in total. The van der Waals surface area contributed by atoms with Crippen LogP contribution in [0.2, 0.25) is 15.1 Å². The second kappa shape index (κ2) is 7.96. The Morgan fingerprint density at radius 3 is 2.56 bits per heavy atom. The van der Waals surface area contributed by atoms with Crippen LogP contribution in [0.1, 0.15) is 30.0 Å². The van der Waals surface area contributed by atoms with Crippen LogP contribution in [-0.4, -0.2) is 29.1 Å². The number of hydrogen-bond acceptors (Lipinski definition) is 2. The SMILES string of the molecule is O=C(O)C1CCCN(C(c2cccc(Cl)c2)c2ccc(Cl)cc2Cl)C1. The monoisotopic (exact) mass is 397 g/mol. The molecule has 0 amide bonds. The van der Waals surface area contributed by atoms with Gasteiger partial charge in [0.25, 0.3) is 0 Å². The third kappa shape index (κ3) is 4.29. The summed E-state index contributed by atoms with van der Waals surface area (Å²) in [7, 11) is 0. The Bertz CT molecular complexity index is 781. The first kappa shape index (κ1) is 18.5. The Balaban J connectivity index is 2.04. The van der Waals surface area contributed by atoms with Gasteiger partial charge in [0.15, 0.2) is 0 Å². The van der Waals surface area contributed by atoms with Crippen LogP contribution in [0.5, 0.6) is 0 Å². The zero-order valence-electron chi connectivity index (χ0n) is 13.5. The lowest BCUT2D eigenvalue weighted by Crippen LogP contribution is -2.41. The quantitative estimate of drug-likeness (QED) is 0.736. The molecule has 2 atom stereocenters. The predicted octanol–water partition coefficient (Wildman–Crippen LogP) is 5.53. The maximum atomic E-state index is 11.5. The Morgan fingerprint density at radius 2 is 1.88 bits per heavy atom. The van der Waals surface area contributed by atoms with Crippen LogP contribution in [-0.2, 0) is 4.79 Å². The number of rotatable bonds is 4. The van der Waals surface area contributed by atoms with Crippen molar-refractivity contribution < 1.29 is 9.90 Å². The van der Waals surface area contributed by atoms with Crippen molar-refractivity contribution in [1.82, 2.24) is 4.90 Å². The lowest BCUT2D eigenvalue weighted by molar-refractivity contribution is -0.143. The molecule has 0 aliphatic carbocycles. The molecule has 0 radical (unpaired) electrons. The Kier molecular flexibility index (Phi) is 5.90. The predicted molar refractivity (Wildman–Crippen MR) is 102 cm³/mol. The van der Waals surface area contributed by atoms with Crippen LogP contribution in [0.25, 0.3) is 0 Å². The van der Waals surface area contributed by atoms with E-state index in [4.69, 9.17) is 34.8 Å². The Labute approximate surface area is 162 Å². The zero-order valence-corrected chi connectivity index (χ0v) is 15.7. The van der Waals surface area contributed by atoms with E-state index in [-0.39, 0.29) is 12.0 Å². The molecule has 3 rings (SSSR count). The van der Waals surface area contributed by atoms with Crippen LogP contribution in [0, 0.1) is 5.92 Å². The van der Waals surface area contributed by atoms with Crippen molar-refractivity contribution >= 4 is 40.8 Å². The van der Waals surface area contributed by atoms with Gasteiger partial charge in [0.1, 0.15) is 0 Å². The van der Waals surface area contributed by atoms with Gasteiger partial charge in [0.05, 0.1) is 12.0 Å². The Morgan fingerprint density at radius 1 is 1.12 bits per heavy atom. The number of nitrogens with zero attached hydrogens (tertiary/aromatic N) is 1. The van der Waals surface area contributed by atoms with Gasteiger partial charge in [-0.25, -0.2) is 0 Å². The number of halogens is 3. The van der Waals surface area contributed by atoms with Crippen molar-refractivity contribution in [2.75, 3.05) is 13.1 Å². The molecule has 0 saturated carbocycles. The Hall–Kier alpha value is -1.26. The van der Waals surface area contributed by atoms with E-state index in [0.29, 0.717) is 28.0 Å². The minimum atomic E-state index is -0.753. The highest BCUT2D eigenvalue weighted by Gasteiger charge is 2.32. The van der Waals surface area contributed by atoms with Crippen LogP contribution >= 0.6 is 34.8 Å². The molecule has 1 fully saturated rings. The van der Waals surface area contributed by atoms with E-state index in [9.17, 15) is 9.90 Å². The van der Waals surface area contributed by atoms with Crippen molar-refractivity contribution in [2.45, 2.75) is 18.9 Å². The number of aliphatic carboxylic acids is 1. The maximum absolute atomic E-state index is 11.5. The molecular formula is C19H18Cl3NO2. The van der Waals surface area contributed by atoms with E-state index >= 15 is 0 Å². The average Bonchev–Trinajstić information content (AvgIpc) is 2.57. The standard InChI is InChI=1S/C19H18Cl3NO2/c20-14-5-1-3-12(9-14)18(16-7-6-15(21)10-17(16)22)23-8-2-4-13(11-23)19(24)25/h1,3,5-7,9-10,13,18H,2,4,8,11H2,(H,24,25). The highest BCUT2D eigenvalue weighted by molar-refractivity contribution is 6.35. The fourth-order valence-electron chi connectivity index (χ4n) is 3.43. The van der Waals surface area contributed by atoms with Crippen molar-refractivity contribution in [3.8, 4) is 0 Å². The van der Waals surface area contributed by atoms with Gasteiger partial charge < -0.3 is 5.11 Å². The van der Waals surface area contributed by atoms with E-state index in [2.05, 4.69) is 4.90 Å². The number of carbonyl (C=O) groups is 1. The molecule has 0 aromatic heterocycles. The largest absolute Gasteiger partial charge is 0.481 e. The molecule has 2 aromatic rings. The molecule has 1 heterocycles. The van der Waals surface area contributed by atoms with Gasteiger partial charge in [-0.2, -0.15) is 0 Å². The molecule has 2 unspecified atom stereocenters. The van der Waals surface area contributed by atoms with E-state index in [1.54, 1.807) is 12.1 Å². The van der Waals surface area contributed by atoms with Crippen LogP contribution in [0.4, 0.5) is 0 Å². The highest BCUT2D eigenvalue weighted by Crippen LogP contribution is 2.37. The smallest absolute Gasteiger partial charge is 0.307 e. The number of hydrogen-bond donors (Lipinski definition) is 1. The van der Waals surface area contributed by atoms with Gasteiger partial charge in [0, 0.05) is 21.6 Å². The summed E-state index contributed by atoms with van der Waals surface area (Å²) in [5, 5.41) is 11.2. The molecule has 0 spiro atoms. The number of carboxylic acids is 1. The summed E-state index contributed by atoms with van der Waals surface area (Å²) in [6.45, 7) is 1.28. The summed E-state index contributed by atoms with van der Waals surface area (Å²) >= 11 is 18.7. The zero-order chi connectivity index (χ0) is 18.0.